The maximum absolute atomic E-state index is 10.6. The van der Waals surface area contributed by atoms with Crippen LogP contribution in [0.5, 0.6) is 0 Å². The van der Waals surface area contributed by atoms with E-state index in [1.807, 2.05) is 5.43 Å². The van der Waals surface area contributed by atoms with Crippen molar-refractivity contribution in [3.8, 4) is 0 Å². The predicted molar refractivity (Wildman–Crippen MR) is 34.7 cm³/mol. The van der Waals surface area contributed by atoms with E-state index in [9.17, 15) is 4.79 Å². The standard InChI is InChI=1S/C4H7N5O/c5-2-1-7-3(8-2)4(10)9-6/h1H,5-6H2,(H,7,8)(H,9,10). The molecule has 54 valence electrons. The quantitative estimate of drug-likeness (QED) is 0.219. The van der Waals surface area contributed by atoms with Gasteiger partial charge in [0, 0.05) is 0 Å². The Morgan fingerprint density at radius 3 is 2.90 bits per heavy atom. The number of amides is 1. The number of nitrogens with zero attached hydrogens (tertiary/aromatic N) is 1. The van der Waals surface area contributed by atoms with E-state index in [-0.39, 0.29) is 5.82 Å². The number of hydrogen-bond acceptors (Lipinski definition) is 4. The van der Waals surface area contributed by atoms with Gasteiger partial charge in [0.15, 0.2) is 5.82 Å². The first-order chi connectivity index (χ1) is 4.74. The summed E-state index contributed by atoms with van der Waals surface area (Å²) in [5, 5.41) is 0. The number of carbonyl (C=O) groups excluding carboxylic acids is 1. The molecule has 1 aromatic rings. The van der Waals surface area contributed by atoms with Crippen molar-refractivity contribution in [2.24, 2.45) is 5.84 Å². The Balaban J connectivity index is 2.85. The first kappa shape index (κ1) is 6.56. The molecular formula is C4H7N5O. The van der Waals surface area contributed by atoms with Crippen LogP contribution in [0.15, 0.2) is 6.20 Å². The molecule has 1 amide bonds. The Hall–Kier alpha value is -1.56. The molecule has 1 aromatic heterocycles. The lowest BCUT2D eigenvalue weighted by Gasteiger charge is -1.90. The van der Waals surface area contributed by atoms with Crippen molar-refractivity contribution >= 4 is 11.7 Å². The molecule has 1 heterocycles. The highest BCUT2D eigenvalue weighted by Gasteiger charge is 2.05. The fraction of sp³-hybridized carbons (Fsp3) is 0. The number of anilines is 1. The molecule has 0 radical (unpaired) electrons. The minimum atomic E-state index is -0.489. The first-order valence-electron chi connectivity index (χ1n) is 2.55. The van der Waals surface area contributed by atoms with E-state index in [0.717, 1.165) is 0 Å². The highest BCUT2D eigenvalue weighted by molar-refractivity contribution is 5.90. The second-order valence-corrected chi connectivity index (χ2v) is 1.66. The van der Waals surface area contributed by atoms with Crippen LogP contribution >= 0.6 is 0 Å². The Kier molecular flexibility index (Phi) is 1.55. The van der Waals surface area contributed by atoms with E-state index in [2.05, 4.69) is 9.97 Å². The van der Waals surface area contributed by atoms with Gasteiger partial charge in [-0.15, -0.1) is 0 Å². The van der Waals surface area contributed by atoms with Gasteiger partial charge in [0.25, 0.3) is 0 Å². The summed E-state index contributed by atoms with van der Waals surface area (Å²) < 4.78 is 0. The minimum absolute atomic E-state index is 0.111. The van der Waals surface area contributed by atoms with Gasteiger partial charge in [-0.3, -0.25) is 10.2 Å². The lowest BCUT2D eigenvalue weighted by Crippen LogP contribution is -2.30. The summed E-state index contributed by atoms with van der Waals surface area (Å²) in [6.45, 7) is 0. The summed E-state index contributed by atoms with van der Waals surface area (Å²) in [5.74, 6) is 4.77. The van der Waals surface area contributed by atoms with Crippen LogP contribution in [-0.4, -0.2) is 15.9 Å². The third kappa shape index (κ3) is 1.06. The van der Waals surface area contributed by atoms with Crippen molar-refractivity contribution < 1.29 is 4.79 Å². The number of nitrogens with one attached hydrogen (secondary N) is 2. The molecule has 0 spiro atoms. The van der Waals surface area contributed by atoms with Gasteiger partial charge in [0.1, 0.15) is 5.82 Å². The van der Waals surface area contributed by atoms with E-state index in [0.29, 0.717) is 5.82 Å². The molecule has 0 saturated carbocycles. The van der Waals surface area contributed by atoms with Gasteiger partial charge in [0.2, 0.25) is 0 Å². The van der Waals surface area contributed by atoms with Gasteiger partial charge in [-0.25, -0.2) is 10.8 Å². The van der Waals surface area contributed by atoms with Crippen LogP contribution in [0, 0.1) is 0 Å². The summed E-state index contributed by atoms with van der Waals surface area (Å²) in [6, 6.07) is 0. The van der Waals surface area contributed by atoms with Gasteiger partial charge in [-0.1, -0.05) is 0 Å². The molecule has 0 aliphatic heterocycles. The number of rotatable bonds is 1. The van der Waals surface area contributed by atoms with E-state index < -0.39 is 5.91 Å². The molecule has 6 nitrogen and oxygen atoms in total. The summed E-state index contributed by atoms with van der Waals surface area (Å²) in [5.41, 5.74) is 7.14. The van der Waals surface area contributed by atoms with Gasteiger partial charge >= 0.3 is 5.91 Å². The number of nitrogen functional groups attached to an aromatic ring is 2. The van der Waals surface area contributed by atoms with Crippen LogP contribution in [0.1, 0.15) is 10.6 Å². The van der Waals surface area contributed by atoms with Crippen LogP contribution in [0.2, 0.25) is 0 Å². The summed E-state index contributed by atoms with van der Waals surface area (Å²) in [4.78, 5) is 16.8. The molecule has 0 aliphatic carbocycles. The van der Waals surface area contributed by atoms with Crippen molar-refractivity contribution in [2.75, 3.05) is 5.73 Å². The molecule has 6 heteroatoms. The van der Waals surface area contributed by atoms with Gasteiger partial charge < -0.3 is 10.7 Å². The number of nitrogens with two attached hydrogens (primary N) is 2. The van der Waals surface area contributed by atoms with Crippen molar-refractivity contribution in [1.29, 1.82) is 0 Å². The average Bonchev–Trinajstić information content (AvgIpc) is 2.34. The molecule has 0 aromatic carbocycles. The van der Waals surface area contributed by atoms with E-state index in [1.165, 1.54) is 6.20 Å². The third-order valence-electron chi connectivity index (χ3n) is 0.942. The number of hydrogen-bond donors (Lipinski definition) is 4. The molecule has 0 unspecified atom stereocenters. The Morgan fingerprint density at radius 1 is 1.80 bits per heavy atom. The maximum Gasteiger partial charge on any atom is 0.300 e. The molecule has 1 rings (SSSR count). The van der Waals surface area contributed by atoms with E-state index in [1.54, 1.807) is 0 Å². The highest BCUT2D eigenvalue weighted by atomic mass is 16.2. The zero-order chi connectivity index (χ0) is 7.56. The van der Waals surface area contributed by atoms with Crippen LogP contribution in [0.25, 0.3) is 0 Å². The molecule has 10 heavy (non-hydrogen) atoms. The molecule has 0 aliphatic rings. The Morgan fingerprint density at radius 2 is 2.50 bits per heavy atom. The number of carbonyl (C=O) groups is 1. The molecule has 0 atom stereocenters. The van der Waals surface area contributed by atoms with Crippen LogP contribution in [0.3, 0.4) is 0 Å². The molecular weight excluding hydrogens is 134 g/mol. The zero-order valence-corrected chi connectivity index (χ0v) is 5.09. The normalized spacial score (nSPS) is 9.30. The number of hydrazine groups is 1. The topological polar surface area (TPSA) is 110 Å². The fourth-order valence-electron chi connectivity index (χ4n) is 0.519. The highest BCUT2D eigenvalue weighted by Crippen LogP contribution is 1.95. The lowest BCUT2D eigenvalue weighted by atomic mass is 10.6. The summed E-state index contributed by atoms with van der Waals surface area (Å²) >= 11 is 0. The zero-order valence-electron chi connectivity index (χ0n) is 5.09. The number of aromatic nitrogens is 2. The number of aromatic amines is 1. The summed E-state index contributed by atoms with van der Waals surface area (Å²) in [6.07, 6.45) is 1.34. The van der Waals surface area contributed by atoms with Crippen molar-refractivity contribution in [3.05, 3.63) is 12.0 Å². The third-order valence-corrected chi connectivity index (χ3v) is 0.942. The van der Waals surface area contributed by atoms with Gasteiger partial charge in [-0.2, -0.15) is 0 Å². The van der Waals surface area contributed by atoms with Crippen molar-refractivity contribution in [3.63, 3.8) is 0 Å². The second-order valence-electron chi connectivity index (χ2n) is 1.66. The smallest absolute Gasteiger partial charge is 0.300 e. The molecule has 6 N–H and O–H groups in total. The van der Waals surface area contributed by atoms with E-state index in [4.69, 9.17) is 11.6 Å². The number of H-pyrrole nitrogens is 1. The van der Waals surface area contributed by atoms with Gasteiger partial charge in [0.05, 0.1) is 6.20 Å². The Bertz CT molecular complexity index is 242. The van der Waals surface area contributed by atoms with Crippen molar-refractivity contribution in [1.82, 2.24) is 15.4 Å². The largest absolute Gasteiger partial charge is 0.384 e. The second kappa shape index (κ2) is 2.36. The van der Waals surface area contributed by atoms with Gasteiger partial charge in [-0.05, 0) is 0 Å². The van der Waals surface area contributed by atoms with E-state index >= 15 is 0 Å². The first-order valence-corrected chi connectivity index (χ1v) is 2.55. The monoisotopic (exact) mass is 141 g/mol. The minimum Gasteiger partial charge on any atom is -0.384 e. The SMILES string of the molecule is NNC(=O)c1ncc(N)[nH]1. The predicted octanol–water partition coefficient (Wildman–Crippen LogP) is -1.40. The fourth-order valence-corrected chi connectivity index (χ4v) is 0.519. The van der Waals surface area contributed by atoms with Crippen LogP contribution in [-0.2, 0) is 0 Å². The lowest BCUT2D eigenvalue weighted by molar-refractivity contribution is 0.0944. The summed E-state index contributed by atoms with van der Waals surface area (Å²) in [7, 11) is 0. The molecule has 0 bridgehead atoms. The molecule has 0 fully saturated rings. The maximum atomic E-state index is 10.6. The average molecular weight is 141 g/mol. The Labute approximate surface area is 56.6 Å². The number of imidazole rings is 1. The van der Waals surface area contributed by atoms with Crippen LogP contribution in [0.4, 0.5) is 5.82 Å². The molecule has 0 saturated heterocycles. The van der Waals surface area contributed by atoms with Crippen LogP contribution < -0.4 is 17.0 Å². The van der Waals surface area contributed by atoms with Crippen molar-refractivity contribution in [2.45, 2.75) is 0 Å².